The van der Waals surface area contributed by atoms with Crippen LogP contribution in [0.4, 0.5) is 10.1 Å². The van der Waals surface area contributed by atoms with Gasteiger partial charge in [-0.25, -0.2) is 4.39 Å². The molecule has 0 spiro atoms. The van der Waals surface area contributed by atoms with E-state index < -0.39 is 5.82 Å². The summed E-state index contributed by atoms with van der Waals surface area (Å²) in [6.45, 7) is 6.23. The zero-order valence-corrected chi connectivity index (χ0v) is 25.3. The number of hydrogen-bond donors (Lipinski definition) is 1. The number of pyridine rings is 1. The Hall–Kier alpha value is -2.91. The van der Waals surface area contributed by atoms with Crippen molar-refractivity contribution in [2.45, 2.75) is 31.1 Å². The third-order valence-corrected chi connectivity index (χ3v) is 8.50. The molecule has 2 heterocycles. The van der Waals surface area contributed by atoms with E-state index in [4.69, 9.17) is 37.4 Å². The molecule has 3 aromatic carbocycles. The number of fused-ring (bicyclic) bond motifs is 1. The molecule has 0 radical (unpaired) electrons. The maximum absolute atomic E-state index is 15.0. The summed E-state index contributed by atoms with van der Waals surface area (Å²) in [5, 5.41) is 1.62. The van der Waals surface area contributed by atoms with Crippen LogP contribution >= 0.6 is 35.1 Å². The summed E-state index contributed by atoms with van der Waals surface area (Å²) in [6, 6.07) is 15.3. The minimum absolute atomic E-state index is 0.0916. The normalized spacial score (nSPS) is 15.6. The van der Waals surface area contributed by atoms with Gasteiger partial charge >= 0.3 is 0 Å². The van der Waals surface area contributed by atoms with Crippen LogP contribution in [0.5, 0.6) is 23.0 Å². The first-order valence-corrected chi connectivity index (χ1v) is 15.1. The zero-order chi connectivity index (χ0) is 28.8. The fourth-order valence-corrected chi connectivity index (χ4v) is 5.91. The van der Waals surface area contributed by atoms with Gasteiger partial charge in [0.1, 0.15) is 5.75 Å². The second kappa shape index (κ2) is 13.8. The average Bonchev–Trinajstić information content (AvgIpc) is 2.97. The van der Waals surface area contributed by atoms with E-state index in [1.54, 1.807) is 43.6 Å². The van der Waals surface area contributed by atoms with Crippen LogP contribution in [0.2, 0.25) is 10.0 Å². The second-order valence-electron chi connectivity index (χ2n) is 10.1. The summed E-state index contributed by atoms with van der Waals surface area (Å²) in [4.78, 5) is 7.84. The number of methoxy groups -OCH3 is 1. The predicted octanol–water partition coefficient (Wildman–Crippen LogP) is 9.10. The zero-order valence-electron chi connectivity index (χ0n) is 23.0. The first-order valence-electron chi connectivity index (χ1n) is 13.6. The van der Waals surface area contributed by atoms with E-state index in [1.807, 2.05) is 18.2 Å². The number of benzene rings is 3. The van der Waals surface area contributed by atoms with Gasteiger partial charge in [-0.3, -0.25) is 4.98 Å². The SMILES string of the molecule is COc1cc2c(Oc3ccc(NSc4ccc(Cl)c(Cl)c4)cc3F)ccnc2cc1OCCCN1CCCC(C)C1. The Morgan fingerprint density at radius 2 is 1.90 bits per heavy atom. The number of piperidine rings is 1. The smallest absolute Gasteiger partial charge is 0.167 e. The summed E-state index contributed by atoms with van der Waals surface area (Å²) in [5.74, 6) is 2.00. The van der Waals surface area contributed by atoms with Crippen molar-refractivity contribution in [2.75, 3.05) is 38.1 Å². The van der Waals surface area contributed by atoms with Crippen molar-refractivity contribution in [3.63, 3.8) is 0 Å². The molecule has 0 bridgehead atoms. The molecule has 6 nitrogen and oxygen atoms in total. The Bertz CT molecular complexity index is 1510. The van der Waals surface area contributed by atoms with E-state index in [0.717, 1.165) is 36.9 Å². The van der Waals surface area contributed by atoms with Gasteiger partial charge in [-0.05, 0) is 86.1 Å². The van der Waals surface area contributed by atoms with Crippen LogP contribution in [0.25, 0.3) is 10.9 Å². The van der Waals surface area contributed by atoms with Crippen molar-refractivity contribution in [1.29, 1.82) is 0 Å². The highest BCUT2D eigenvalue weighted by Crippen LogP contribution is 2.38. The third-order valence-electron chi connectivity index (χ3n) is 6.93. The molecule has 41 heavy (non-hydrogen) atoms. The Morgan fingerprint density at radius 3 is 2.68 bits per heavy atom. The van der Waals surface area contributed by atoms with Crippen molar-refractivity contribution in [2.24, 2.45) is 5.92 Å². The Morgan fingerprint density at radius 1 is 1.02 bits per heavy atom. The average molecular weight is 617 g/mol. The molecule has 0 amide bonds. The van der Waals surface area contributed by atoms with E-state index >= 15 is 4.39 Å². The lowest BCUT2D eigenvalue weighted by molar-refractivity contribution is 0.169. The minimum Gasteiger partial charge on any atom is -0.493 e. The van der Waals surface area contributed by atoms with Gasteiger partial charge in [0.05, 0.1) is 29.3 Å². The predicted molar refractivity (Wildman–Crippen MR) is 166 cm³/mol. The first kappa shape index (κ1) is 29.6. The van der Waals surface area contributed by atoms with Crippen LogP contribution in [-0.2, 0) is 0 Å². The summed E-state index contributed by atoms with van der Waals surface area (Å²) in [7, 11) is 1.60. The molecule has 1 N–H and O–H groups in total. The van der Waals surface area contributed by atoms with Gasteiger partial charge in [-0.15, -0.1) is 0 Å². The quantitative estimate of drug-likeness (QED) is 0.133. The summed E-state index contributed by atoms with van der Waals surface area (Å²) < 4.78 is 35.9. The molecule has 0 saturated carbocycles. The topological polar surface area (TPSA) is 55.9 Å². The Balaban J connectivity index is 1.24. The van der Waals surface area contributed by atoms with Crippen molar-refractivity contribution in [1.82, 2.24) is 9.88 Å². The number of rotatable bonds is 11. The van der Waals surface area contributed by atoms with Crippen molar-refractivity contribution in [3.8, 4) is 23.0 Å². The Labute approximate surface area is 254 Å². The molecule has 1 saturated heterocycles. The fraction of sp³-hybridized carbons (Fsp3) is 0.323. The molecule has 5 rings (SSSR count). The molecular formula is C31H32Cl2FN3O3S. The lowest BCUT2D eigenvalue weighted by Gasteiger charge is -2.30. The molecule has 1 unspecified atom stereocenters. The Kier molecular flexibility index (Phi) is 9.98. The van der Waals surface area contributed by atoms with E-state index in [0.29, 0.717) is 50.5 Å². The largest absolute Gasteiger partial charge is 0.493 e. The van der Waals surface area contributed by atoms with E-state index in [2.05, 4.69) is 21.5 Å². The van der Waals surface area contributed by atoms with Crippen molar-refractivity contribution >= 4 is 51.7 Å². The number of hydrogen-bond acceptors (Lipinski definition) is 7. The highest BCUT2D eigenvalue weighted by atomic mass is 35.5. The van der Waals surface area contributed by atoms with Gasteiger partial charge < -0.3 is 23.8 Å². The van der Waals surface area contributed by atoms with Gasteiger partial charge in [0.2, 0.25) is 0 Å². The summed E-state index contributed by atoms with van der Waals surface area (Å²) in [6.07, 6.45) is 5.14. The highest BCUT2D eigenvalue weighted by Gasteiger charge is 2.17. The molecule has 10 heteroatoms. The van der Waals surface area contributed by atoms with Gasteiger partial charge in [-0.1, -0.05) is 30.1 Å². The number of nitrogens with one attached hydrogen (secondary N) is 1. The molecule has 1 aliphatic heterocycles. The number of ether oxygens (including phenoxy) is 3. The molecule has 216 valence electrons. The van der Waals surface area contributed by atoms with Crippen LogP contribution in [0.15, 0.2) is 65.7 Å². The maximum atomic E-state index is 15.0. The first-order chi connectivity index (χ1) is 19.9. The van der Waals surface area contributed by atoms with E-state index in [1.165, 1.54) is 30.9 Å². The van der Waals surface area contributed by atoms with Crippen LogP contribution in [0.1, 0.15) is 26.2 Å². The summed E-state index contributed by atoms with van der Waals surface area (Å²) in [5.41, 5.74) is 1.24. The number of anilines is 1. The highest BCUT2D eigenvalue weighted by molar-refractivity contribution is 8.00. The van der Waals surface area contributed by atoms with Gasteiger partial charge in [0, 0.05) is 47.4 Å². The van der Waals surface area contributed by atoms with Crippen LogP contribution < -0.4 is 18.9 Å². The van der Waals surface area contributed by atoms with E-state index in [9.17, 15) is 0 Å². The standard InChI is InChI=1S/C31H32Cl2FN3O3S/c1-20-5-3-12-37(19-20)13-4-14-39-31-18-27-23(17-30(31)38-2)28(10-11-35-27)40-29-9-6-21(15-26(29)34)36-41-22-7-8-24(32)25(33)16-22/h6-11,15-18,20,36H,3-5,12-14,19H2,1-2H3. The van der Waals surface area contributed by atoms with Gasteiger partial charge in [0.25, 0.3) is 0 Å². The van der Waals surface area contributed by atoms with Crippen LogP contribution in [0.3, 0.4) is 0 Å². The number of halogens is 3. The van der Waals surface area contributed by atoms with Crippen LogP contribution in [-0.4, -0.2) is 43.2 Å². The van der Waals surface area contributed by atoms with Crippen molar-refractivity contribution in [3.05, 3.63) is 76.7 Å². The number of nitrogens with zero attached hydrogens (tertiary/aromatic N) is 2. The van der Waals surface area contributed by atoms with Crippen LogP contribution in [0, 0.1) is 11.7 Å². The fourth-order valence-electron chi connectivity index (χ4n) is 4.87. The molecular weight excluding hydrogens is 584 g/mol. The number of likely N-dealkylation sites (tertiary alicyclic amines) is 1. The monoisotopic (exact) mass is 615 g/mol. The molecule has 1 atom stereocenters. The summed E-state index contributed by atoms with van der Waals surface area (Å²) >= 11 is 13.3. The molecule has 1 aliphatic rings. The molecule has 0 aliphatic carbocycles. The van der Waals surface area contributed by atoms with Crippen molar-refractivity contribution < 1.29 is 18.6 Å². The number of aromatic nitrogens is 1. The maximum Gasteiger partial charge on any atom is 0.167 e. The second-order valence-corrected chi connectivity index (χ2v) is 11.8. The minimum atomic E-state index is -0.510. The van der Waals surface area contributed by atoms with E-state index in [-0.39, 0.29) is 5.75 Å². The molecule has 4 aromatic rings. The lowest BCUT2D eigenvalue weighted by atomic mass is 10.0. The van der Waals surface area contributed by atoms with Gasteiger partial charge in [-0.2, -0.15) is 0 Å². The lowest BCUT2D eigenvalue weighted by Crippen LogP contribution is -2.35. The third kappa shape index (κ3) is 7.68. The molecule has 1 fully saturated rings. The van der Waals surface area contributed by atoms with Gasteiger partial charge in [0.15, 0.2) is 23.1 Å². The molecule has 1 aromatic heterocycles.